The Kier molecular flexibility index (Phi) is 4.30. The molecule has 6 heteroatoms. The molecule has 0 amide bonds. The van der Waals surface area contributed by atoms with Gasteiger partial charge in [0.05, 0.1) is 7.11 Å². The average Bonchev–Trinajstić information content (AvgIpc) is 2.95. The van der Waals surface area contributed by atoms with Gasteiger partial charge in [0, 0.05) is 17.1 Å². The van der Waals surface area contributed by atoms with Gasteiger partial charge in [0.25, 0.3) is 0 Å². The van der Waals surface area contributed by atoms with Gasteiger partial charge in [-0.05, 0) is 49.8 Å². The van der Waals surface area contributed by atoms with Gasteiger partial charge in [-0.15, -0.1) is 0 Å². The van der Waals surface area contributed by atoms with Crippen LogP contribution < -0.4 is 4.74 Å². The van der Waals surface area contributed by atoms with Crippen molar-refractivity contribution < 1.29 is 13.2 Å². The van der Waals surface area contributed by atoms with Crippen LogP contribution in [0, 0.1) is 5.92 Å². The molecule has 1 aliphatic carbocycles. The van der Waals surface area contributed by atoms with Crippen molar-refractivity contribution in [3.05, 3.63) is 22.7 Å². The largest absolute Gasteiger partial charge is 0.495 e. The summed E-state index contributed by atoms with van der Waals surface area (Å²) in [6.45, 7) is 0.624. The van der Waals surface area contributed by atoms with Crippen molar-refractivity contribution >= 4 is 26.0 Å². The van der Waals surface area contributed by atoms with Gasteiger partial charge >= 0.3 is 0 Å². The lowest BCUT2D eigenvalue weighted by atomic mass is 9.94. The van der Waals surface area contributed by atoms with E-state index in [4.69, 9.17) is 4.74 Å². The highest BCUT2D eigenvalue weighted by atomic mass is 79.9. The van der Waals surface area contributed by atoms with E-state index in [1.165, 1.54) is 7.11 Å². The molecule has 2 fully saturated rings. The Morgan fingerprint density at radius 1 is 1.24 bits per heavy atom. The number of rotatable bonds is 3. The second kappa shape index (κ2) is 5.89. The zero-order valence-electron chi connectivity index (χ0n) is 12.1. The third-order valence-electron chi connectivity index (χ3n) is 4.65. The molecule has 1 heterocycles. The highest BCUT2D eigenvalue weighted by Gasteiger charge is 2.42. The zero-order valence-corrected chi connectivity index (χ0v) is 14.5. The van der Waals surface area contributed by atoms with Crippen LogP contribution in [0.15, 0.2) is 27.6 Å². The summed E-state index contributed by atoms with van der Waals surface area (Å²) in [5.41, 5.74) is 0. The lowest BCUT2D eigenvalue weighted by molar-refractivity contribution is 0.201. The Balaban J connectivity index is 2.02. The molecule has 0 spiro atoms. The van der Waals surface area contributed by atoms with Crippen molar-refractivity contribution in [2.75, 3.05) is 13.7 Å². The van der Waals surface area contributed by atoms with Gasteiger partial charge in [-0.1, -0.05) is 22.4 Å². The van der Waals surface area contributed by atoms with Crippen molar-refractivity contribution in [2.45, 2.75) is 43.0 Å². The van der Waals surface area contributed by atoms with Crippen molar-refractivity contribution in [3.63, 3.8) is 0 Å². The summed E-state index contributed by atoms with van der Waals surface area (Å²) in [5, 5.41) is 0. The third-order valence-corrected chi connectivity index (χ3v) is 7.09. The molecule has 1 aromatic rings. The number of benzene rings is 1. The third kappa shape index (κ3) is 2.73. The SMILES string of the molecule is COc1ccc(Br)cc1S(=O)(=O)N1CCCC2CCCC21. The molecule has 21 heavy (non-hydrogen) atoms. The minimum Gasteiger partial charge on any atom is -0.495 e. The molecule has 4 nitrogen and oxygen atoms in total. The summed E-state index contributed by atoms with van der Waals surface area (Å²) in [6.07, 6.45) is 5.40. The van der Waals surface area contributed by atoms with Crippen LogP contribution in [0.2, 0.25) is 0 Å². The fourth-order valence-electron chi connectivity index (χ4n) is 3.69. The van der Waals surface area contributed by atoms with Gasteiger partial charge in [0.2, 0.25) is 10.0 Å². The van der Waals surface area contributed by atoms with Gasteiger partial charge < -0.3 is 4.74 Å². The molecule has 1 aliphatic heterocycles. The van der Waals surface area contributed by atoms with E-state index in [0.717, 1.165) is 36.6 Å². The number of sulfonamides is 1. The maximum atomic E-state index is 13.1. The molecule has 2 unspecified atom stereocenters. The fourth-order valence-corrected chi connectivity index (χ4v) is 6.14. The number of methoxy groups -OCH3 is 1. The average molecular weight is 374 g/mol. The standard InChI is InChI=1S/C15H20BrNO3S/c1-20-14-8-7-12(16)10-15(14)21(18,19)17-9-3-5-11-4-2-6-13(11)17/h7-8,10-11,13H,2-6,9H2,1H3. The Labute approximate surface area is 134 Å². The van der Waals surface area contributed by atoms with E-state index in [-0.39, 0.29) is 10.9 Å². The predicted octanol–water partition coefficient (Wildman–Crippen LogP) is 3.41. The molecular weight excluding hydrogens is 354 g/mol. The number of piperidine rings is 1. The van der Waals surface area contributed by atoms with Gasteiger partial charge in [0.15, 0.2) is 0 Å². The van der Waals surface area contributed by atoms with Crippen LogP contribution in [-0.2, 0) is 10.0 Å². The van der Waals surface area contributed by atoms with Crippen LogP contribution in [0.3, 0.4) is 0 Å². The summed E-state index contributed by atoms with van der Waals surface area (Å²) in [4.78, 5) is 0.270. The highest BCUT2D eigenvalue weighted by Crippen LogP contribution is 2.41. The fraction of sp³-hybridized carbons (Fsp3) is 0.600. The molecule has 0 radical (unpaired) electrons. The molecular formula is C15H20BrNO3S. The second-order valence-electron chi connectivity index (χ2n) is 5.81. The minimum atomic E-state index is -3.50. The Bertz CT molecular complexity index is 632. The highest BCUT2D eigenvalue weighted by molar-refractivity contribution is 9.10. The molecule has 0 bridgehead atoms. The quantitative estimate of drug-likeness (QED) is 0.815. The van der Waals surface area contributed by atoms with Crippen LogP contribution >= 0.6 is 15.9 Å². The molecule has 2 aliphatic rings. The summed E-state index contributed by atoms with van der Waals surface area (Å²) in [6, 6.07) is 5.32. The summed E-state index contributed by atoms with van der Waals surface area (Å²) >= 11 is 3.36. The molecule has 0 N–H and O–H groups in total. The first-order valence-corrected chi connectivity index (χ1v) is 9.62. The number of hydrogen-bond acceptors (Lipinski definition) is 3. The van der Waals surface area contributed by atoms with Crippen LogP contribution in [0.4, 0.5) is 0 Å². The first-order valence-electron chi connectivity index (χ1n) is 7.39. The molecule has 1 saturated heterocycles. The van der Waals surface area contributed by atoms with Crippen molar-refractivity contribution in [3.8, 4) is 5.75 Å². The smallest absolute Gasteiger partial charge is 0.247 e. The van der Waals surface area contributed by atoms with Crippen LogP contribution in [-0.4, -0.2) is 32.4 Å². The predicted molar refractivity (Wildman–Crippen MR) is 84.9 cm³/mol. The Hall–Kier alpha value is -0.590. The maximum Gasteiger partial charge on any atom is 0.247 e. The van der Waals surface area contributed by atoms with E-state index < -0.39 is 10.0 Å². The molecule has 3 rings (SSSR count). The topological polar surface area (TPSA) is 46.6 Å². The van der Waals surface area contributed by atoms with Crippen LogP contribution in [0.25, 0.3) is 0 Å². The Morgan fingerprint density at radius 2 is 2.00 bits per heavy atom. The zero-order chi connectivity index (χ0) is 15.0. The van der Waals surface area contributed by atoms with Crippen molar-refractivity contribution in [1.29, 1.82) is 0 Å². The lowest BCUT2D eigenvalue weighted by Crippen LogP contribution is -2.46. The molecule has 2 atom stereocenters. The van der Waals surface area contributed by atoms with Gasteiger partial charge in [0.1, 0.15) is 10.6 Å². The van der Waals surface area contributed by atoms with Crippen molar-refractivity contribution in [1.82, 2.24) is 4.31 Å². The van der Waals surface area contributed by atoms with E-state index in [1.54, 1.807) is 22.5 Å². The number of hydrogen-bond donors (Lipinski definition) is 0. The van der Waals surface area contributed by atoms with Gasteiger partial charge in [-0.2, -0.15) is 4.31 Å². The van der Waals surface area contributed by atoms with E-state index in [2.05, 4.69) is 15.9 Å². The molecule has 1 aromatic carbocycles. The van der Waals surface area contributed by atoms with E-state index in [0.29, 0.717) is 18.2 Å². The number of nitrogens with zero attached hydrogens (tertiary/aromatic N) is 1. The first-order chi connectivity index (χ1) is 10.0. The monoisotopic (exact) mass is 373 g/mol. The summed E-state index contributed by atoms with van der Waals surface area (Å²) < 4.78 is 33.9. The molecule has 116 valence electrons. The van der Waals surface area contributed by atoms with Gasteiger partial charge in [-0.25, -0.2) is 8.42 Å². The normalized spacial score (nSPS) is 26.6. The van der Waals surface area contributed by atoms with Crippen LogP contribution in [0.1, 0.15) is 32.1 Å². The number of ether oxygens (including phenoxy) is 1. The minimum absolute atomic E-state index is 0.174. The Morgan fingerprint density at radius 3 is 2.76 bits per heavy atom. The van der Waals surface area contributed by atoms with Crippen LogP contribution in [0.5, 0.6) is 5.75 Å². The number of halogens is 1. The maximum absolute atomic E-state index is 13.1. The van der Waals surface area contributed by atoms with E-state index in [9.17, 15) is 8.42 Å². The lowest BCUT2D eigenvalue weighted by Gasteiger charge is -2.36. The first kappa shape index (κ1) is 15.3. The number of fused-ring (bicyclic) bond motifs is 1. The van der Waals surface area contributed by atoms with E-state index >= 15 is 0 Å². The van der Waals surface area contributed by atoms with Gasteiger partial charge in [-0.3, -0.25) is 0 Å². The summed E-state index contributed by atoms with van der Waals surface area (Å²) in [7, 11) is -1.99. The second-order valence-corrected chi connectivity index (χ2v) is 8.59. The van der Waals surface area contributed by atoms with E-state index in [1.807, 2.05) is 0 Å². The van der Waals surface area contributed by atoms with Crippen molar-refractivity contribution in [2.24, 2.45) is 5.92 Å². The molecule has 0 aromatic heterocycles. The molecule has 1 saturated carbocycles. The summed E-state index contributed by atoms with van der Waals surface area (Å²) in [5.74, 6) is 0.949.